The minimum Gasteiger partial charge on any atom is -0.370 e. The van der Waals surface area contributed by atoms with Gasteiger partial charge in [-0.25, -0.2) is 0 Å². The average molecular weight is 295 g/mol. The summed E-state index contributed by atoms with van der Waals surface area (Å²) in [5, 5.41) is 0.868. The monoisotopic (exact) mass is 294 g/mol. The molecule has 1 saturated carbocycles. The highest BCUT2D eigenvalue weighted by Crippen LogP contribution is 2.34. The Bertz CT molecular complexity index is 429. The largest absolute Gasteiger partial charge is 0.370 e. The van der Waals surface area contributed by atoms with Gasteiger partial charge >= 0.3 is 0 Å². The number of hydrogen-bond donors (Lipinski definition) is 1. The summed E-state index contributed by atoms with van der Waals surface area (Å²) in [6.07, 6.45) is 6.03. The Balaban J connectivity index is 2.21. The van der Waals surface area contributed by atoms with E-state index in [4.69, 9.17) is 17.3 Å². The predicted molar refractivity (Wildman–Crippen MR) is 88.7 cm³/mol. The van der Waals surface area contributed by atoms with Crippen molar-refractivity contribution in [1.29, 1.82) is 0 Å². The third-order valence-corrected chi connectivity index (χ3v) is 4.78. The number of halogens is 1. The summed E-state index contributed by atoms with van der Waals surface area (Å²) in [5.74, 6) is 0.846. The molecule has 1 aromatic carbocycles. The van der Waals surface area contributed by atoms with Crippen LogP contribution in [-0.4, -0.2) is 19.1 Å². The molecule has 1 unspecified atom stereocenters. The van der Waals surface area contributed by atoms with Crippen LogP contribution < -0.4 is 10.6 Å². The molecule has 20 heavy (non-hydrogen) atoms. The van der Waals surface area contributed by atoms with Crippen LogP contribution in [0.3, 0.4) is 0 Å². The molecule has 0 spiro atoms. The van der Waals surface area contributed by atoms with Crippen LogP contribution in [0.25, 0.3) is 0 Å². The Kier molecular flexibility index (Phi) is 5.74. The van der Waals surface area contributed by atoms with Crippen LogP contribution in [-0.2, 0) is 6.42 Å². The lowest BCUT2D eigenvalue weighted by Crippen LogP contribution is -2.34. The number of nitrogens with zero attached hydrogens (tertiary/aromatic N) is 1. The van der Waals surface area contributed by atoms with E-state index in [9.17, 15) is 0 Å². The topological polar surface area (TPSA) is 29.3 Å². The van der Waals surface area contributed by atoms with Crippen LogP contribution in [0, 0.1) is 5.92 Å². The molecule has 2 nitrogen and oxygen atoms in total. The van der Waals surface area contributed by atoms with Gasteiger partial charge in [0.15, 0.2) is 0 Å². The maximum Gasteiger partial charge on any atom is 0.0642 e. The van der Waals surface area contributed by atoms with E-state index < -0.39 is 0 Å². The molecule has 1 aromatic rings. The van der Waals surface area contributed by atoms with Crippen molar-refractivity contribution in [2.45, 2.75) is 52.0 Å². The number of para-hydroxylation sites is 1. The minimum atomic E-state index is 0.217. The summed E-state index contributed by atoms with van der Waals surface area (Å²) < 4.78 is 0. The van der Waals surface area contributed by atoms with Gasteiger partial charge in [-0.15, -0.1) is 0 Å². The fourth-order valence-electron chi connectivity index (χ4n) is 2.87. The Morgan fingerprint density at radius 2 is 2.10 bits per heavy atom. The first-order valence-electron chi connectivity index (χ1n) is 7.93. The average Bonchev–Trinajstić information content (AvgIpc) is 2.39. The molecule has 0 bridgehead atoms. The highest BCUT2D eigenvalue weighted by molar-refractivity contribution is 6.33. The molecule has 0 heterocycles. The second-order valence-corrected chi connectivity index (χ2v) is 6.36. The molecular weight excluding hydrogens is 268 g/mol. The summed E-state index contributed by atoms with van der Waals surface area (Å²) >= 11 is 6.49. The van der Waals surface area contributed by atoms with Crippen molar-refractivity contribution in [3.63, 3.8) is 0 Å². The SMILES string of the molecule is CCC(N)Cc1cccc(Cl)c1N(CC)CC1CCC1. The standard InChI is InChI=1S/C17H27ClN2/c1-3-15(19)11-14-9-6-10-16(18)17(14)20(4-2)12-13-7-5-8-13/h6,9-10,13,15H,3-5,7-8,11-12,19H2,1-2H3. The van der Waals surface area contributed by atoms with Gasteiger partial charge in [-0.05, 0) is 50.2 Å². The first-order chi connectivity index (χ1) is 9.65. The molecule has 1 atom stereocenters. The van der Waals surface area contributed by atoms with Gasteiger partial charge < -0.3 is 10.6 Å². The Morgan fingerprint density at radius 3 is 2.65 bits per heavy atom. The van der Waals surface area contributed by atoms with Gasteiger partial charge in [-0.2, -0.15) is 0 Å². The molecule has 0 amide bonds. The van der Waals surface area contributed by atoms with Crippen LogP contribution in [0.15, 0.2) is 18.2 Å². The Hall–Kier alpha value is -0.730. The third kappa shape index (κ3) is 3.67. The van der Waals surface area contributed by atoms with E-state index >= 15 is 0 Å². The van der Waals surface area contributed by atoms with Crippen LogP contribution in [0.4, 0.5) is 5.69 Å². The molecule has 0 aromatic heterocycles. The van der Waals surface area contributed by atoms with Crippen LogP contribution in [0.1, 0.15) is 45.1 Å². The zero-order valence-electron chi connectivity index (χ0n) is 12.7. The molecule has 2 N–H and O–H groups in total. The van der Waals surface area contributed by atoms with Gasteiger partial charge in [0, 0.05) is 19.1 Å². The number of nitrogens with two attached hydrogens (primary N) is 1. The van der Waals surface area contributed by atoms with Crippen LogP contribution in [0.5, 0.6) is 0 Å². The summed E-state index contributed by atoms with van der Waals surface area (Å²) in [6.45, 7) is 6.50. The molecule has 1 fully saturated rings. The van der Waals surface area contributed by atoms with Crippen molar-refractivity contribution in [3.05, 3.63) is 28.8 Å². The number of rotatable bonds is 7. The van der Waals surface area contributed by atoms with Gasteiger partial charge in [-0.1, -0.05) is 37.1 Å². The van der Waals surface area contributed by atoms with Crippen LogP contribution in [0.2, 0.25) is 5.02 Å². The fraction of sp³-hybridized carbons (Fsp3) is 0.647. The van der Waals surface area contributed by atoms with E-state index in [1.54, 1.807) is 0 Å². The summed E-state index contributed by atoms with van der Waals surface area (Å²) in [5.41, 5.74) is 8.66. The van der Waals surface area contributed by atoms with E-state index in [0.29, 0.717) is 0 Å². The molecule has 0 saturated heterocycles. The second-order valence-electron chi connectivity index (χ2n) is 5.96. The van der Waals surface area contributed by atoms with E-state index in [2.05, 4.69) is 24.8 Å². The summed E-state index contributed by atoms with van der Waals surface area (Å²) in [4.78, 5) is 2.45. The van der Waals surface area contributed by atoms with Crippen molar-refractivity contribution in [3.8, 4) is 0 Å². The van der Waals surface area contributed by atoms with Crippen LogP contribution >= 0.6 is 11.6 Å². The molecule has 1 aliphatic carbocycles. The van der Waals surface area contributed by atoms with Gasteiger partial charge in [0.1, 0.15) is 0 Å². The third-order valence-electron chi connectivity index (χ3n) is 4.48. The molecule has 1 aliphatic rings. The Labute approximate surface area is 128 Å². The van der Waals surface area contributed by atoms with Gasteiger partial charge in [0.25, 0.3) is 0 Å². The maximum absolute atomic E-state index is 6.49. The lowest BCUT2D eigenvalue weighted by Gasteiger charge is -2.35. The smallest absolute Gasteiger partial charge is 0.0642 e. The molecule has 0 aliphatic heterocycles. The zero-order valence-corrected chi connectivity index (χ0v) is 13.5. The van der Waals surface area contributed by atoms with E-state index in [-0.39, 0.29) is 6.04 Å². The quantitative estimate of drug-likeness (QED) is 0.815. The van der Waals surface area contributed by atoms with Gasteiger partial charge in [-0.3, -0.25) is 0 Å². The normalized spacial score (nSPS) is 16.8. The van der Waals surface area contributed by atoms with Gasteiger partial charge in [0.2, 0.25) is 0 Å². The molecule has 2 rings (SSSR count). The lowest BCUT2D eigenvalue weighted by atomic mass is 9.85. The van der Waals surface area contributed by atoms with Gasteiger partial charge in [0.05, 0.1) is 10.7 Å². The van der Waals surface area contributed by atoms with Crippen molar-refractivity contribution in [2.24, 2.45) is 11.7 Å². The van der Waals surface area contributed by atoms with Crippen molar-refractivity contribution in [2.75, 3.05) is 18.0 Å². The van der Waals surface area contributed by atoms with E-state index in [1.807, 2.05) is 12.1 Å². The van der Waals surface area contributed by atoms with E-state index in [1.165, 1.54) is 30.5 Å². The van der Waals surface area contributed by atoms with Crippen molar-refractivity contribution in [1.82, 2.24) is 0 Å². The molecule has 112 valence electrons. The minimum absolute atomic E-state index is 0.217. The lowest BCUT2D eigenvalue weighted by molar-refractivity contribution is 0.318. The predicted octanol–water partition coefficient (Wildman–Crippen LogP) is 4.25. The zero-order chi connectivity index (χ0) is 14.5. The Morgan fingerprint density at radius 1 is 1.35 bits per heavy atom. The maximum atomic E-state index is 6.49. The molecule has 0 radical (unpaired) electrons. The second kappa shape index (κ2) is 7.33. The summed E-state index contributed by atoms with van der Waals surface area (Å²) in [6, 6.07) is 6.44. The van der Waals surface area contributed by atoms with Crippen molar-refractivity contribution >= 4 is 17.3 Å². The highest BCUT2D eigenvalue weighted by atomic mass is 35.5. The molecule has 3 heteroatoms. The fourth-order valence-corrected chi connectivity index (χ4v) is 3.18. The number of hydrogen-bond acceptors (Lipinski definition) is 2. The number of benzene rings is 1. The summed E-state index contributed by atoms with van der Waals surface area (Å²) in [7, 11) is 0. The highest BCUT2D eigenvalue weighted by Gasteiger charge is 2.23. The van der Waals surface area contributed by atoms with Crippen molar-refractivity contribution < 1.29 is 0 Å². The first-order valence-corrected chi connectivity index (χ1v) is 8.31. The molecular formula is C17H27ClN2. The first kappa shape index (κ1) is 15.7. The number of anilines is 1. The van der Waals surface area contributed by atoms with E-state index in [0.717, 1.165) is 36.9 Å².